The lowest BCUT2D eigenvalue weighted by Gasteiger charge is -2.41. The maximum absolute atomic E-state index is 15.2. The molecule has 11 heteroatoms. The van der Waals surface area contributed by atoms with Gasteiger partial charge in [0.1, 0.15) is 18.0 Å². The fourth-order valence-corrected chi connectivity index (χ4v) is 5.08. The average molecular weight is 534 g/mol. The number of aromatic nitrogens is 3. The van der Waals surface area contributed by atoms with Crippen LogP contribution >= 0.6 is 0 Å². The van der Waals surface area contributed by atoms with Gasteiger partial charge in [-0.25, -0.2) is 32.5 Å². The maximum Gasteiger partial charge on any atom is 0.275 e. The number of carbonyl (C=O) groups is 1. The second kappa shape index (κ2) is 10.8. The van der Waals surface area contributed by atoms with E-state index in [1.54, 1.807) is 14.0 Å². The van der Waals surface area contributed by atoms with Gasteiger partial charge < -0.3 is 15.0 Å². The number of methoxy groups -OCH3 is 1. The minimum atomic E-state index is -3.28. The van der Waals surface area contributed by atoms with Crippen LogP contribution in [0.25, 0.3) is 11.0 Å². The van der Waals surface area contributed by atoms with E-state index in [1.165, 1.54) is 30.3 Å². The first-order chi connectivity index (χ1) is 18.1. The molecule has 1 aliphatic rings. The number of carbonyl (C=O) groups excluding carboxylic acids is 1. The van der Waals surface area contributed by atoms with Crippen molar-refractivity contribution in [3.63, 3.8) is 0 Å². The standard InChI is InChI=1S/C27H31F4N5O2/c1-5-27(30,31)20-8-6-7-18(23(20)29)16(2)34-24-19-13-21(17(3)35-25(19)33-15-32-24)26(38-4)9-11-36(12-10-26)22(37)14-28/h6-8,13,15-16H,5,9-12,14H2,1-4H3,(H,32,33,34,35)/t16-/m1/s1. The summed E-state index contributed by atoms with van der Waals surface area (Å²) in [7, 11) is 1.58. The minimum Gasteiger partial charge on any atom is -0.373 e. The predicted molar refractivity (Wildman–Crippen MR) is 135 cm³/mol. The Morgan fingerprint density at radius 1 is 1.26 bits per heavy atom. The smallest absolute Gasteiger partial charge is 0.275 e. The lowest BCUT2D eigenvalue weighted by molar-refractivity contribution is -0.138. The van der Waals surface area contributed by atoms with E-state index in [9.17, 15) is 18.0 Å². The second-order valence-corrected chi connectivity index (χ2v) is 9.56. The van der Waals surface area contributed by atoms with Gasteiger partial charge in [0.05, 0.1) is 22.6 Å². The highest BCUT2D eigenvalue weighted by Gasteiger charge is 2.39. The zero-order valence-electron chi connectivity index (χ0n) is 21.8. The Morgan fingerprint density at radius 3 is 2.61 bits per heavy atom. The fourth-order valence-electron chi connectivity index (χ4n) is 5.08. The van der Waals surface area contributed by atoms with Crippen molar-refractivity contribution in [3.05, 3.63) is 58.8 Å². The first kappa shape index (κ1) is 27.7. The van der Waals surface area contributed by atoms with E-state index in [0.29, 0.717) is 48.5 Å². The van der Waals surface area contributed by atoms with E-state index in [4.69, 9.17) is 4.74 Å². The number of nitrogens with zero attached hydrogens (tertiary/aromatic N) is 4. The molecular formula is C27H31F4N5O2. The van der Waals surface area contributed by atoms with Gasteiger partial charge in [-0.15, -0.1) is 0 Å². The molecule has 1 aromatic carbocycles. The average Bonchev–Trinajstić information content (AvgIpc) is 2.92. The molecule has 0 unspecified atom stereocenters. The molecule has 38 heavy (non-hydrogen) atoms. The number of amides is 1. The summed E-state index contributed by atoms with van der Waals surface area (Å²) in [5.41, 5.74) is 0.547. The summed E-state index contributed by atoms with van der Waals surface area (Å²) in [6.45, 7) is 4.43. The van der Waals surface area contributed by atoms with Gasteiger partial charge in [-0.2, -0.15) is 0 Å². The van der Waals surface area contributed by atoms with Crippen molar-refractivity contribution in [2.45, 2.75) is 57.6 Å². The van der Waals surface area contributed by atoms with E-state index in [2.05, 4.69) is 20.3 Å². The molecule has 1 fully saturated rings. The number of aryl methyl sites for hydroxylation is 1. The molecule has 204 valence electrons. The number of hydrogen-bond acceptors (Lipinski definition) is 6. The highest BCUT2D eigenvalue weighted by molar-refractivity contribution is 5.87. The highest BCUT2D eigenvalue weighted by Crippen LogP contribution is 2.40. The molecule has 3 heterocycles. The van der Waals surface area contributed by atoms with Crippen LogP contribution in [0.2, 0.25) is 0 Å². The third-order valence-corrected chi connectivity index (χ3v) is 7.42. The van der Waals surface area contributed by atoms with Gasteiger partial charge in [0.15, 0.2) is 12.3 Å². The largest absolute Gasteiger partial charge is 0.373 e. The normalized spacial score (nSPS) is 16.5. The Balaban J connectivity index is 1.70. The Kier molecular flexibility index (Phi) is 7.87. The topological polar surface area (TPSA) is 80.2 Å². The van der Waals surface area contributed by atoms with Crippen molar-refractivity contribution in [2.24, 2.45) is 0 Å². The Hall–Kier alpha value is -3.34. The summed E-state index contributed by atoms with van der Waals surface area (Å²) in [5.74, 6) is -4.43. The maximum atomic E-state index is 15.2. The van der Waals surface area contributed by atoms with E-state index < -0.39 is 47.9 Å². The van der Waals surface area contributed by atoms with Crippen molar-refractivity contribution >= 4 is 22.8 Å². The fraction of sp³-hybridized carbons (Fsp3) is 0.481. The number of anilines is 1. The van der Waals surface area contributed by atoms with Crippen molar-refractivity contribution in [1.29, 1.82) is 0 Å². The van der Waals surface area contributed by atoms with Crippen LogP contribution < -0.4 is 5.32 Å². The van der Waals surface area contributed by atoms with Crippen LogP contribution in [0.4, 0.5) is 23.4 Å². The molecule has 4 rings (SSSR count). The summed E-state index contributed by atoms with van der Waals surface area (Å²) in [5, 5.41) is 3.69. The SMILES string of the molecule is CCC(F)(F)c1cccc([C@@H](C)Nc2ncnc3nc(C)c(C4(OC)CCN(C(=O)CF)CC4)cc23)c1F. The number of likely N-dealkylation sites (tertiary alicyclic amines) is 1. The quantitative estimate of drug-likeness (QED) is 0.381. The molecule has 1 aliphatic heterocycles. The van der Waals surface area contributed by atoms with Crippen LogP contribution in [0, 0.1) is 12.7 Å². The molecule has 1 saturated heterocycles. The Labute approximate surface area is 218 Å². The summed E-state index contributed by atoms with van der Waals surface area (Å²) >= 11 is 0. The summed E-state index contributed by atoms with van der Waals surface area (Å²) in [4.78, 5) is 26.6. The molecule has 7 nitrogen and oxygen atoms in total. The zero-order valence-corrected chi connectivity index (χ0v) is 21.8. The van der Waals surface area contributed by atoms with Gasteiger partial charge in [0, 0.05) is 43.4 Å². The number of halogens is 4. The lowest BCUT2D eigenvalue weighted by atomic mass is 9.83. The zero-order chi connectivity index (χ0) is 27.7. The number of ether oxygens (including phenoxy) is 1. The van der Waals surface area contributed by atoms with Gasteiger partial charge in [-0.3, -0.25) is 4.79 Å². The molecule has 0 bridgehead atoms. The Bertz CT molecular complexity index is 1330. The van der Waals surface area contributed by atoms with Crippen molar-refractivity contribution in [3.8, 4) is 0 Å². The highest BCUT2D eigenvalue weighted by atomic mass is 19.3. The summed E-state index contributed by atoms with van der Waals surface area (Å²) in [6.07, 6.45) is 1.70. The van der Waals surface area contributed by atoms with Crippen molar-refractivity contribution in [2.75, 3.05) is 32.2 Å². The van der Waals surface area contributed by atoms with Crippen LogP contribution in [-0.4, -0.2) is 52.6 Å². The van der Waals surface area contributed by atoms with Gasteiger partial charge in [0.2, 0.25) is 0 Å². The number of piperidine rings is 1. The van der Waals surface area contributed by atoms with Crippen LogP contribution in [0.5, 0.6) is 0 Å². The van der Waals surface area contributed by atoms with Crippen LogP contribution in [0.3, 0.4) is 0 Å². The number of alkyl halides is 3. The summed E-state index contributed by atoms with van der Waals surface area (Å²) < 4.78 is 62.6. The number of pyridine rings is 1. The number of nitrogens with one attached hydrogen (secondary N) is 1. The predicted octanol–water partition coefficient (Wildman–Crippen LogP) is 5.58. The molecule has 0 aliphatic carbocycles. The number of hydrogen-bond donors (Lipinski definition) is 1. The van der Waals surface area contributed by atoms with E-state index in [0.717, 1.165) is 11.6 Å². The second-order valence-electron chi connectivity index (χ2n) is 9.56. The minimum absolute atomic E-state index is 0.0842. The van der Waals surface area contributed by atoms with Gasteiger partial charge >= 0.3 is 0 Å². The van der Waals surface area contributed by atoms with Crippen molar-refractivity contribution < 1.29 is 27.1 Å². The monoisotopic (exact) mass is 533 g/mol. The van der Waals surface area contributed by atoms with E-state index in [-0.39, 0.29) is 5.56 Å². The van der Waals surface area contributed by atoms with E-state index in [1.807, 2.05) is 13.0 Å². The molecule has 0 spiro atoms. The number of rotatable bonds is 8. The first-order valence-electron chi connectivity index (χ1n) is 12.5. The van der Waals surface area contributed by atoms with Gasteiger partial charge in [-0.1, -0.05) is 25.1 Å². The molecule has 1 atom stereocenters. The molecule has 0 radical (unpaired) electrons. The lowest BCUT2D eigenvalue weighted by Crippen LogP contribution is -2.47. The molecule has 3 aromatic rings. The summed E-state index contributed by atoms with van der Waals surface area (Å²) in [6, 6.07) is 5.15. The Morgan fingerprint density at radius 2 is 1.97 bits per heavy atom. The van der Waals surface area contributed by atoms with E-state index >= 15 is 4.39 Å². The third kappa shape index (κ3) is 5.03. The molecule has 1 N–H and O–H groups in total. The molecule has 1 amide bonds. The van der Waals surface area contributed by atoms with Crippen molar-refractivity contribution in [1.82, 2.24) is 19.9 Å². The first-order valence-corrected chi connectivity index (χ1v) is 12.5. The molecule has 2 aromatic heterocycles. The molecular weight excluding hydrogens is 502 g/mol. The van der Waals surface area contributed by atoms with Gasteiger partial charge in [0.25, 0.3) is 11.8 Å². The molecule has 0 saturated carbocycles. The third-order valence-electron chi connectivity index (χ3n) is 7.42. The van der Waals surface area contributed by atoms with Gasteiger partial charge in [-0.05, 0) is 32.8 Å². The van der Waals surface area contributed by atoms with Crippen LogP contribution in [-0.2, 0) is 21.1 Å². The number of fused-ring (bicyclic) bond motifs is 1. The van der Waals surface area contributed by atoms with Crippen LogP contribution in [0.1, 0.15) is 61.5 Å². The number of benzene rings is 1. The van der Waals surface area contributed by atoms with Crippen LogP contribution in [0.15, 0.2) is 30.6 Å².